The molecular formula is C17H25N3O2. The predicted molar refractivity (Wildman–Crippen MR) is 88.4 cm³/mol. The quantitative estimate of drug-likeness (QED) is 0.673. The van der Waals surface area contributed by atoms with Crippen molar-refractivity contribution in [3.05, 3.63) is 23.8 Å². The fourth-order valence-corrected chi connectivity index (χ4v) is 2.97. The van der Waals surface area contributed by atoms with Gasteiger partial charge in [-0.15, -0.1) is 0 Å². The number of hydrogen-bond acceptors (Lipinski definition) is 4. The van der Waals surface area contributed by atoms with Gasteiger partial charge in [0, 0.05) is 25.3 Å². The molecular weight excluding hydrogens is 278 g/mol. The van der Waals surface area contributed by atoms with Crippen LogP contribution in [-0.4, -0.2) is 18.2 Å². The van der Waals surface area contributed by atoms with Gasteiger partial charge in [-0.2, -0.15) is 0 Å². The predicted octanol–water partition coefficient (Wildman–Crippen LogP) is 2.25. The molecule has 1 fully saturated rings. The third kappa shape index (κ3) is 4.76. The number of nitrogens with one attached hydrogen (secondary N) is 1. The van der Waals surface area contributed by atoms with Crippen LogP contribution >= 0.6 is 0 Å². The van der Waals surface area contributed by atoms with Crippen LogP contribution < -0.4 is 16.8 Å². The Morgan fingerprint density at radius 3 is 2.55 bits per heavy atom. The van der Waals surface area contributed by atoms with Gasteiger partial charge in [0.05, 0.1) is 11.4 Å². The van der Waals surface area contributed by atoms with E-state index in [2.05, 4.69) is 5.32 Å². The molecule has 5 nitrogen and oxygen atoms in total. The zero-order chi connectivity index (χ0) is 15.9. The molecule has 0 radical (unpaired) electrons. The van der Waals surface area contributed by atoms with E-state index < -0.39 is 0 Å². The van der Waals surface area contributed by atoms with E-state index in [0.29, 0.717) is 24.4 Å². The van der Waals surface area contributed by atoms with Crippen molar-refractivity contribution in [1.82, 2.24) is 0 Å². The highest BCUT2D eigenvalue weighted by Crippen LogP contribution is 2.26. The fraction of sp³-hybridized carbons (Fsp3) is 0.529. The number of hydrogen-bond donors (Lipinski definition) is 3. The second kappa shape index (κ2) is 7.82. The summed E-state index contributed by atoms with van der Waals surface area (Å²) < 4.78 is 0. The minimum absolute atomic E-state index is 0.225. The Kier molecular flexibility index (Phi) is 5.81. The maximum absolute atomic E-state index is 12.3. The van der Waals surface area contributed by atoms with Crippen molar-refractivity contribution in [1.29, 1.82) is 0 Å². The molecule has 0 heterocycles. The van der Waals surface area contributed by atoms with Crippen molar-refractivity contribution >= 4 is 23.1 Å². The van der Waals surface area contributed by atoms with Crippen molar-refractivity contribution in [2.45, 2.75) is 44.9 Å². The summed E-state index contributed by atoms with van der Waals surface area (Å²) in [4.78, 5) is 23.0. The number of anilines is 2. The molecule has 0 spiro atoms. The highest BCUT2D eigenvalue weighted by molar-refractivity contribution is 5.84. The Hall–Kier alpha value is -2.04. The summed E-state index contributed by atoms with van der Waals surface area (Å²) >= 11 is 0. The van der Waals surface area contributed by atoms with E-state index in [9.17, 15) is 9.59 Å². The number of carbonyl (C=O) groups is 2. The molecule has 5 heteroatoms. The molecule has 1 aromatic carbocycles. The molecule has 0 aromatic heterocycles. The number of nitrogens with two attached hydrogens (primary N) is 2. The Balaban J connectivity index is 1.90. The highest BCUT2D eigenvalue weighted by atomic mass is 16.1. The first-order chi connectivity index (χ1) is 10.6. The van der Waals surface area contributed by atoms with E-state index in [4.69, 9.17) is 11.5 Å². The lowest BCUT2D eigenvalue weighted by atomic mass is 9.84. The van der Waals surface area contributed by atoms with Gasteiger partial charge in [0.15, 0.2) is 0 Å². The van der Waals surface area contributed by atoms with Crippen LogP contribution in [0.3, 0.4) is 0 Å². The number of amides is 1. The van der Waals surface area contributed by atoms with E-state index in [0.717, 1.165) is 24.1 Å². The monoisotopic (exact) mass is 303 g/mol. The Morgan fingerprint density at radius 1 is 1.18 bits per heavy atom. The second-order valence-electron chi connectivity index (χ2n) is 6.04. The number of nitrogen functional groups attached to an aromatic ring is 1. The lowest BCUT2D eigenvalue weighted by molar-refractivity contribution is -0.123. The molecule has 0 saturated heterocycles. The van der Waals surface area contributed by atoms with Crippen molar-refractivity contribution in [3.63, 3.8) is 0 Å². The van der Waals surface area contributed by atoms with Gasteiger partial charge in [-0.25, -0.2) is 0 Å². The van der Waals surface area contributed by atoms with Crippen LogP contribution in [0.1, 0.15) is 44.1 Å². The maximum Gasteiger partial charge on any atom is 0.219 e. The maximum atomic E-state index is 12.3. The second-order valence-corrected chi connectivity index (χ2v) is 6.04. The highest BCUT2D eigenvalue weighted by Gasteiger charge is 2.21. The molecule has 1 aliphatic rings. The molecule has 120 valence electrons. The average molecular weight is 303 g/mol. The molecule has 1 amide bonds. The standard InChI is InChI=1S/C17H25N3O2/c18-14-10-12(6-7-15(14)20-9-8-17(19)22)11-16(21)13-4-2-1-3-5-13/h6-7,10,13,20H,1-5,8-9,11,18H2,(H2,19,22). The molecule has 2 rings (SSSR count). The van der Waals surface area contributed by atoms with E-state index in [1.54, 1.807) is 0 Å². The molecule has 0 unspecified atom stereocenters. The third-order valence-corrected chi connectivity index (χ3v) is 4.24. The number of primary amides is 1. The van der Waals surface area contributed by atoms with Gasteiger partial charge in [0.25, 0.3) is 0 Å². The summed E-state index contributed by atoms with van der Waals surface area (Å²) in [7, 11) is 0. The number of benzene rings is 1. The average Bonchev–Trinajstić information content (AvgIpc) is 2.50. The topological polar surface area (TPSA) is 98.2 Å². The van der Waals surface area contributed by atoms with E-state index in [-0.39, 0.29) is 18.2 Å². The smallest absolute Gasteiger partial charge is 0.219 e. The molecule has 0 aliphatic heterocycles. The first kappa shape index (κ1) is 16.3. The van der Waals surface area contributed by atoms with E-state index in [1.807, 2.05) is 18.2 Å². The number of Topliss-reactive ketones (excluding diaryl/α,β-unsaturated/α-hetero) is 1. The first-order valence-corrected chi connectivity index (χ1v) is 7.99. The van der Waals surface area contributed by atoms with Crippen LogP contribution in [0.2, 0.25) is 0 Å². The van der Waals surface area contributed by atoms with Gasteiger partial charge in [-0.05, 0) is 30.5 Å². The lowest BCUT2D eigenvalue weighted by Crippen LogP contribution is -2.19. The van der Waals surface area contributed by atoms with Crippen LogP contribution in [-0.2, 0) is 16.0 Å². The summed E-state index contributed by atoms with van der Waals surface area (Å²) in [6, 6.07) is 5.62. The number of rotatable bonds is 7. The van der Waals surface area contributed by atoms with Gasteiger partial charge in [0.1, 0.15) is 5.78 Å². The van der Waals surface area contributed by atoms with Crippen LogP contribution in [0.5, 0.6) is 0 Å². The fourth-order valence-electron chi connectivity index (χ4n) is 2.97. The minimum atomic E-state index is -0.347. The van der Waals surface area contributed by atoms with Crippen LogP contribution in [0, 0.1) is 5.92 Å². The molecule has 1 aliphatic carbocycles. The number of ketones is 1. The van der Waals surface area contributed by atoms with Crippen LogP contribution in [0.4, 0.5) is 11.4 Å². The molecule has 0 atom stereocenters. The largest absolute Gasteiger partial charge is 0.397 e. The molecule has 22 heavy (non-hydrogen) atoms. The molecule has 1 saturated carbocycles. The SMILES string of the molecule is NC(=O)CCNc1ccc(CC(=O)C2CCCCC2)cc1N. The molecule has 0 bridgehead atoms. The zero-order valence-corrected chi connectivity index (χ0v) is 12.9. The molecule has 1 aromatic rings. The van der Waals surface area contributed by atoms with E-state index >= 15 is 0 Å². The minimum Gasteiger partial charge on any atom is -0.397 e. The Bertz CT molecular complexity index is 537. The number of carbonyl (C=O) groups excluding carboxylic acids is 2. The zero-order valence-electron chi connectivity index (χ0n) is 12.9. The van der Waals surface area contributed by atoms with E-state index in [1.165, 1.54) is 19.3 Å². The Morgan fingerprint density at radius 2 is 1.91 bits per heavy atom. The normalized spacial score (nSPS) is 15.5. The summed E-state index contributed by atoms with van der Waals surface area (Å²) in [5.74, 6) is 0.206. The van der Waals surface area contributed by atoms with Crippen molar-refractivity contribution < 1.29 is 9.59 Å². The van der Waals surface area contributed by atoms with Gasteiger partial charge < -0.3 is 16.8 Å². The summed E-state index contributed by atoms with van der Waals surface area (Å²) in [6.07, 6.45) is 6.37. The Labute approximate surface area is 131 Å². The third-order valence-electron chi connectivity index (χ3n) is 4.24. The lowest BCUT2D eigenvalue weighted by Gasteiger charge is -2.20. The van der Waals surface area contributed by atoms with Gasteiger partial charge >= 0.3 is 0 Å². The first-order valence-electron chi connectivity index (χ1n) is 7.99. The van der Waals surface area contributed by atoms with Crippen LogP contribution in [0.15, 0.2) is 18.2 Å². The summed E-state index contributed by atoms with van der Waals surface area (Å²) in [5, 5.41) is 3.08. The van der Waals surface area contributed by atoms with Gasteiger partial charge in [0.2, 0.25) is 5.91 Å². The van der Waals surface area contributed by atoms with Crippen molar-refractivity contribution in [3.8, 4) is 0 Å². The van der Waals surface area contributed by atoms with Gasteiger partial charge in [-0.1, -0.05) is 25.3 Å². The van der Waals surface area contributed by atoms with Gasteiger partial charge in [-0.3, -0.25) is 9.59 Å². The summed E-state index contributed by atoms with van der Waals surface area (Å²) in [5.41, 5.74) is 13.4. The van der Waals surface area contributed by atoms with Crippen molar-refractivity contribution in [2.24, 2.45) is 11.7 Å². The summed E-state index contributed by atoms with van der Waals surface area (Å²) in [6.45, 7) is 0.458. The molecule has 5 N–H and O–H groups in total. The van der Waals surface area contributed by atoms with Crippen molar-refractivity contribution in [2.75, 3.05) is 17.6 Å². The van der Waals surface area contributed by atoms with Crippen LogP contribution in [0.25, 0.3) is 0 Å².